The molecule has 0 radical (unpaired) electrons. The van der Waals surface area contributed by atoms with E-state index in [1.807, 2.05) is 12.3 Å². The summed E-state index contributed by atoms with van der Waals surface area (Å²) < 4.78 is 5.88. The summed E-state index contributed by atoms with van der Waals surface area (Å²) in [6, 6.07) is 0.732. The predicted molar refractivity (Wildman–Crippen MR) is 83.5 cm³/mol. The van der Waals surface area contributed by atoms with Gasteiger partial charge < -0.3 is 15.4 Å². The van der Waals surface area contributed by atoms with Crippen LogP contribution in [-0.4, -0.2) is 31.1 Å². The molecule has 0 aromatic carbocycles. The van der Waals surface area contributed by atoms with Crippen LogP contribution < -0.4 is 10.6 Å². The number of alkyl halides is 1. The fourth-order valence-corrected chi connectivity index (χ4v) is 2.20. The molecule has 3 nitrogen and oxygen atoms in total. The third-order valence-electron chi connectivity index (χ3n) is 3.51. The number of unbranched alkanes of at least 4 members (excludes halogenated alkanes) is 2. The zero-order valence-electron chi connectivity index (χ0n) is 12.0. The lowest BCUT2D eigenvalue weighted by Gasteiger charge is -2.29. The third kappa shape index (κ3) is 4.77. The Morgan fingerprint density at radius 3 is 3.00 bits per heavy atom. The van der Waals surface area contributed by atoms with Crippen LogP contribution >= 0.6 is 11.6 Å². The number of nitrogens with one attached hydrogen (secondary N) is 2. The van der Waals surface area contributed by atoms with E-state index in [1.165, 1.54) is 6.42 Å². The molecule has 2 rings (SSSR count). The molecular weight excluding hydrogens is 272 g/mol. The second kappa shape index (κ2) is 8.24. The molecule has 0 amide bonds. The lowest BCUT2D eigenvalue weighted by Crippen LogP contribution is -2.46. The summed E-state index contributed by atoms with van der Waals surface area (Å²) in [6.45, 7) is 3.95. The number of ether oxygens (including phenoxy) is 1. The minimum Gasteiger partial charge on any atom is -0.494 e. The van der Waals surface area contributed by atoms with Crippen molar-refractivity contribution < 1.29 is 4.74 Å². The summed E-state index contributed by atoms with van der Waals surface area (Å²) in [7, 11) is 0. The van der Waals surface area contributed by atoms with Gasteiger partial charge in [0.15, 0.2) is 0 Å². The van der Waals surface area contributed by atoms with E-state index in [-0.39, 0.29) is 6.04 Å². The highest BCUT2D eigenvalue weighted by molar-refractivity contribution is 6.17. The Morgan fingerprint density at radius 2 is 2.30 bits per heavy atom. The highest BCUT2D eigenvalue weighted by atomic mass is 35.5. The summed E-state index contributed by atoms with van der Waals surface area (Å²) in [4.78, 5) is 0. The normalized spacial score (nSPS) is 24.5. The van der Waals surface area contributed by atoms with Crippen LogP contribution in [0.4, 0.5) is 0 Å². The minimum absolute atomic E-state index is 0.219. The zero-order chi connectivity index (χ0) is 14.2. The molecule has 2 aliphatic rings. The Bertz CT molecular complexity index is 429. The molecule has 2 atom stereocenters. The van der Waals surface area contributed by atoms with Gasteiger partial charge in [-0.15, -0.1) is 11.6 Å². The molecule has 0 spiro atoms. The number of hydrogen-bond donors (Lipinski definition) is 2. The molecule has 1 saturated heterocycles. The van der Waals surface area contributed by atoms with E-state index in [2.05, 4.69) is 29.4 Å². The molecule has 2 aliphatic heterocycles. The van der Waals surface area contributed by atoms with Crippen LogP contribution in [0.2, 0.25) is 0 Å². The second-order valence-corrected chi connectivity index (χ2v) is 5.61. The first-order valence-electron chi connectivity index (χ1n) is 7.38. The van der Waals surface area contributed by atoms with Crippen molar-refractivity contribution in [1.82, 2.24) is 10.6 Å². The molecule has 2 N–H and O–H groups in total. The average Bonchev–Trinajstić information content (AvgIpc) is 2.40. The Morgan fingerprint density at radius 1 is 1.45 bits per heavy atom. The lowest BCUT2D eigenvalue weighted by atomic mass is 10.1. The van der Waals surface area contributed by atoms with Crippen LogP contribution in [0.5, 0.6) is 0 Å². The molecule has 0 bridgehead atoms. The van der Waals surface area contributed by atoms with Crippen molar-refractivity contribution in [2.24, 2.45) is 0 Å². The Balaban J connectivity index is 1.81. The van der Waals surface area contributed by atoms with E-state index >= 15 is 0 Å². The quantitative estimate of drug-likeness (QED) is 0.449. The molecule has 2 heterocycles. The van der Waals surface area contributed by atoms with Gasteiger partial charge in [-0.2, -0.15) is 0 Å². The van der Waals surface area contributed by atoms with Crippen molar-refractivity contribution in [2.75, 3.05) is 19.0 Å². The number of halogens is 1. The number of allylic oxidation sites excluding steroid dienone is 2. The van der Waals surface area contributed by atoms with Crippen molar-refractivity contribution in [3.05, 3.63) is 23.6 Å². The third-order valence-corrected chi connectivity index (χ3v) is 3.78. The van der Waals surface area contributed by atoms with Gasteiger partial charge in [0.05, 0.1) is 6.04 Å². The standard InChI is InChI=1S/C16H23ClN2O/c1-13-16(20-12-15-7-9-18-15)10-14(11-19-13)6-4-2-3-5-8-17/h10-11,13,15,18-19H,2-3,5,7-9,12H2,1H3/t13?,15-/m0/s1. The molecule has 0 aromatic rings. The summed E-state index contributed by atoms with van der Waals surface area (Å²) in [5, 5.41) is 6.63. The van der Waals surface area contributed by atoms with E-state index in [9.17, 15) is 0 Å². The first kappa shape index (κ1) is 15.3. The Labute approximate surface area is 126 Å². The Kier molecular flexibility index (Phi) is 6.29. The van der Waals surface area contributed by atoms with Gasteiger partial charge in [0, 0.05) is 30.1 Å². The maximum absolute atomic E-state index is 5.88. The van der Waals surface area contributed by atoms with Gasteiger partial charge in [0.1, 0.15) is 12.4 Å². The van der Waals surface area contributed by atoms with Crippen LogP contribution in [0.15, 0.2) is 23.6 Å². The molecular formula is C16H23ClN2O. The van der Waals surface area contributed by atoms with Crippen LogP contribution in [0.25, 0.3) is 0 Å². The minimum atomic E-state index is 0.219. The fraction of sp³-hybridized carbons (Fsp3) is 0.625. The largest absolute Gasteiger partial charge is 0.494 e. The molecule has 0 aromatic heterocycles. The zero-order valence-corrected chi connectivity index (χ0v) is 12.8. The summed E-state index contributed by atoms with van der Waals surface area (Å²) in [5.41, 5.74) is 0.991. The number of hydrogen-bond acceptors (Lipinski definition) is 3. The highest BCUT2D eigenvalue weighted by Crippen LogP contribution is 2.15. The SMILES string of the molecule is CC1NC=C(C#CCCCCCl)C=C1OC[C@@H]1CCN1. The summed E-state index contributed by atoms with van der Waals surface area (Å²) in [5.74, 6) is 8.06. The van der Waals surface area contributed by atoms with Crippen molar-refractivity contribution in [2.45, 2.75) is 44.7 Å². The summed E-state index contributed by atoms with van der Waals surface area (Å²) in [6.07, 6.45) is 8.22. The smallest absolute Gasteiger partial charge is 0.119 e. The molecule has 4 heteroatoms. The van der Waals surface area contributed by atoms with Crippen molar-refractivity contribution in [3.63, 3.8) is 0 Å². The number of rotatable bonds is 6. The van der Waals surface area contributed by atoms with Gasteiger partial charge >= 0.3 is 0 Å². The van der Waals surface area contributed by atoms with Gasteiger partial charge in [-0.1, -0.05) is 11.8 Å². The molecule has 1 unspecified atom stereocenters. The van der Waals surface area contributed by atoms with Crippen LogP contribution in [0, 0.1) is 11.8 Å². The molecule has 110 valence electrons. The highest BCUT2D eigenvalue weighted by Gasteiger charge is 2.19. The molecule has 1 fully saturated rings. The van der Waals surface area contributed by atoms with Crippen molar-refractivity contribution in [1.29, 1.82) is 0 Å². The monoisotopic (exact) mass is 294 g/mol. The van der Waals surface area contributed by atoms with E-state index in [0.29, 0.717) is 6.04 Å². The second-order valence-electron chi connectivity index (χ2n) is 5.23. The van der Waals surface area contributed by atoms with Gasteiger partial charge in [-0.25, -0.2) is 0 Å². The molecule has 0 saturated carbocycles. The topological polar surface area (TPSA) is 33.3 Å². The van der Waals surface area contributed by atoms with E-state index in [4.69, 9.17) is 16.3 Å². The lowest BCUT2D eigenvalue weighted by molar-refractivity contribution is 0.136. The van der Waals surface area contributed by atoms with E-state index < -0.39 is 0 Å². The van der Waals surface area contributed by atoms with Crippen molar-refractivity contribution >= 4 is 11.6 Å². The van der Waals surface area contributed by atoms with Crippen LogP contribution in [0.3, 0.4) is 0 Å². The van der Waals surface area contributed by atoms with Gasteiger partial charge in [0.25, 0.3) is 0 Å². The average molecular weight is 295 g/mol. The summed E-state index contributed by atoms with van der Waals surface area (Å²) >= 11 is 5.64. The number of dihydropyridines is 1. The van der Waals surface area contributed by atoms with E-state index in [1.54, 1.807) is 0 Å². The first-order valence-corrected chi connectivity index (χ1v) is 7.92. The first-order chi connectivity index (χ1) is 9.79. The Hall–Kier alpha value is -1.11. The van der Waals surface area contributed by atoms with Crippen molar-refractivity contribution in [3.8, 4) is 11.8 Å². The van der Waals surface area contributed by atoms with Crippen LogP contribution in [-0.2, 0) is 4.74 Å². The van der Waals surface area contributed by atoms with Gasteiger partial charge in [-0.05, 0) is 38.8 Å². The van der Waals surface area contributed by atoms with Gasteiger partial charge in [-0.3, -0.25) is 0 Å². The van der Waals surface area contributed by atoms with Crippen LogP contribution in [0.1, 0.15) is 32.6 Å². The molecule has 20 heavy (non-hydrogen) atoms. The predicted octanol–water partition coefficient (Wildman–Crippen LogP) is 2.54. The van der Waals surface area contributed by atoms with Gasteiger partial charge in [0.2, 0.25) is 0 Å². The molecule has 0 aliphatic carbocycles. The maximum Gasteiger partial charge on any atom is 0.119 e. The van der Waals surface area contributed by atoms with E-state index in [0.717, 1.165) is 49.6 Å². The maximum atomic E-state index is 5.88. The fourth-order valence-electron chi connectivity index (χ4n) is 2.02.